The van der Waals surface area contributed by atoms with Gasteiger partial charge in [0, 0.05) is 5.56 Å². The number of Topliss-reactive ketones (excluding diaryl/α,β-unsaturated/α-hetero) is 1. The number of benzene rings is 3. The molecule has 1 unspecified atom stereocenters. The van der Waals surface area contributed by atoms with Crippen molar-refractivity contribution >= 4 is 60.1 Å². The molecule has 1 atom stereocenters. The Morgan fingerprint density at radius 2 is 1.86 bits per heavy atom. The van der Waals surface area contributed by atoms with E-state index in [1.807, 2.05) is 6.92 Å². The van der Waals surface area contributed by atoms with Gasteiger partial charge in [0.1, 0.15) is 11.6 Å². The number of thiazole rings is 1. The molecule has 2 N–H and O–H groups in total. The zero-order valence-corrected chi connectivity index (χ0v) is 21.4. The molecule has 1 saturated heterocycles. The molecule has 0 saturated carbocycles. The highest BCUT2D eigenvalue weighted by Crippen LogP contribution is 2.47. The van der Waals surface area contributed by atoms with Crippen LogP contribution in [0.15, 0.2) is 64.6 Å². The van der Waals surface area contributed by atoms with E-state index in [1.54, 1.807) is 24.3 Å². The number of rotatable bonds is 4. The summed E-state index contributed by atoms with van der Waals surface area (Å²) in [6, 6.07) is 12.9. The molecule has 182 valence electrons. The fraction of sp³-hybridized carbons (Fsp3) is 0.115. The number of aliphatic hydroxyl groups is 1. The van der Waals surface area contributed by atoms with Gasteiger partial charge in [-0.05, 0) is 58.7 Å². The number of aromatic hydroxyl groups is 1. The third-order valence-corrected chi connectivity index (χ3v) is 7.52. The maximum Gasteiger partial charge on any atom is 0.301 e. The van der Waals surface area contributed by atoms with Gasteiger partial charge >= 0.3 is 5.91 Å². The Morgan fingerprint density at radius 1 is 1.14 bits per heavy atom. The fourth-order valence-corrected chi connectivity index (χ4v) is 5.59. The van der Waals surface area contributed by atoms with E-state index in [1.165, 1.54) is 42.3 Å². The van der Waals surface area contributed by atoms with E-state index in [2.05, 4.69) is 20.9 Å². The standard InChI is InChI=1S/C26H18BrFN2O5S/c1-12-3-5-13(6-4-12)22(31)20-21(14-9-16(27)23(32)18(10-14)35-2)30(25(34)24(20)33)26-29-17-8-7-15(28)11-19(17)36-26/h3-11,21,31-32H,1-2H3. The van der Waals surface area contributed by atoms with Crippen LogP contribution in [0.5, 0.6) is 11.5 Å². The maximum absolute atomic E-state index is 13.8. The fourth-order valence-electron chi connectivity index (χ4n) is 4.11. The molecular formula is C26H18BrFN2O5S. The molecule has 36 heavy (non-hydrogen) atoms. The van der Waals surface area contributed by atoms with E-state index in [-0.39, 0.29) is 32.4 Å². The van der Waals surface area contributed by atoms with Crippen LogP contribution in [0.2, 0.25) is 0 Å². The topological polar surface area (TPSA) is 100.0 Å². The summed E-state index contributed by atoms with van der Waals surface area (Å²) in [4.78, 5) is 32.4. The minimum atomic E-state index is -1.09. The van der Waals surface area contributed by atoms with Crippen LogP contribution in [0.3, 0.4) is 0 Å². The highest BCUT2D eigenvalue weighted by Gasteiger charge is 2.48. The zero-order chi connectivity index (χ0) is 25.7. The summed E-state index contributed by atoms with van der Waals surface area (Å²) in [5.74, 6) is -2.65. The summed E-state index contributed by atoms with van der Waals surface area (Å²) in [6.07, 6.45) is 0. The number of hydrogen-bond acceptors (Lipinski definition) is 7. The minimum Gasteiger partial charge on any atom is -0.507 e. The average molecular weight is 569 g/mol. The van der Waals surface area contributed by atoms with Crippen molar-refractivity contribution in [3.05, 3.63) is 87.2 Å². The van der Waals surface area contributed by atoms with Crippen molar-refractivity contribution in [3.8, 4) is 11.5 Å². The summed E-state index contributed by atoms with van der Waals surface area (Å²) in [7, 11) is 1.37. The Hall–Kier alpha value is -3.76. The number of halogens is 2. The highest BCUT2D eigenvalue weighted by atomic mass is 79.9. The van der Waals surface area contributed by atoms with Gasteiger partial charge in [-0.2, -0.15) is 0 Å². The maximum atomic E-state index is 13.8. The second-order valence-corrected chi connectivity index (χ2v) is 10.1. The summed E-state index contributed by atoms with van der Waals surface area (Å²) in [5, 5.41) is 21.7. The molecule has 0 radical (unpaired) electrons. The van der Waals surface area contributed by atoms with E-state index in [9.17, 15) is 24.2 Å². The molecular weight excluding hydrogens is 551 g/mol. The number of methoxy groups -OCH3 is 1. The van der Waals surface area contributed by atoms with Crippen LogP contribution in [-0.4, -0.2) is 34.0 Å². The van der Waals surface area contributed by atoms with Crippen molar-refractivity contribution in [2.45, 2.75) is 13.0 Å². The van der Waals surface area contributed by atoms with Crippen LogP contribution in [0.25, 0.3) is 16.0 Å². The van der Waals surface area contributed by atoms with Crippen molar-refractivity contribution in [3.63, 3.8) is 0 Å². The lowest BCUT2D eigenvalue weighted by atomic mass is 9.95. The largest absolute Gasteiger partial charge is 0.507 e. The molecule has 3 aromatic carbocycles. The van der Waals surface area contributed by atoms with Gasteiger partial charge in [-0.1, -0.05) is 41.2 Å². The van der Waals surface area contributed by atoms with Crippen molar-refractivity contribution in [1.29, 1.82) is 0 Å². The number of carbonyl (C=O) groups excluding carboxylic acids is 2. The van der Waals surface area contributed by atoms with E-state index in [4.69, 9.17) is 4.74 Å². The van der Waals surface area contributed by atoms with Gasteiger partial charge in [-0.3, -0.25) is 14.5 Å². The minimum absolute atomic E-state index is 0.103. The number of anilines is 1. The number of aromatic nitrogens is 1. The van der Waals surface area contributed by atoms with Crippen molar-refractivity contribution in [2.75, 3.05) is 12.0 Å². The number of aryl methyl sites for hydroxylation is 1. The highest BCUT2D eigenvalue weighted by molar-refractivity contribution is 9.10. The van der Waals surface area contributed by atoms with Gasteiger partial charge in [-0.25, -0.2) is 9.37 Å². The van der Waals surface area contributed by atoms with E-state index in [0.29, 0.717) is 21.3 Å². The third-order valence-electron chi connectivity index (χ3n) is 5.90. The van der Waals surface area contributed by atoms with Crippen LogP contribution in [0.4, 0.5) is 9.52 Å². The van der Waals surface area contributed by atoms with Gasteiger partial charge in [0.15, 0.2) is 16.6 Å². The summed E-state index contributed by atoms with van der Waals surface area (Å²) < 4.78 is 19.8. The van der Waals surface area contributed by atoms with E-state index >= 15 is 0 Å². The smallest absolute Gasteiger partial charge is 0.301 e. The molecule has 0 spiro atoms. The number of hydrogen-bond donors (Lipinski definition) is 2. The van der Waals surface area contributed by atoms with Gasteiger partial charge in [0.05, 0.1) is 33.4 Å². The molecule has 0 bridgehead atoms. The number of ketones is 1. The van der Waals surface area contributed by atoms with Crippen molar-refractivity contribution in [2.24, 2.45) is 0 Å². The first kappa shape index (κ1) is 24.0. The molecule has 1 amide bonds. The summed E-state index contributed by atoms with van der Waals surface area (Å²) >= 11 is 4.33. The Balaban J connectivity index is 1.77. The Bertz CT molecular complexity index is 1580. The molecule has 7 nitrogen and oxygen atoms in total. The number of amides is 1. The lowest BCUT2D eigenvalue weighted by Crippen LogP contribution is -2.29. The normalized spacial score (nSPS) is 17.2. The number of carbonyl (C=O) groups is 2. The number of aliphatic hydroxyl groups excluding tert-OH is 1. The average Bonchev–Trinajstić information content (AvgIpc) is 3.38. The first-order chi connectivity index (χ1) is 17.2. The predicted molar refractivity (Wildman–Crippen MR) is 138 cm³/mol. The monoisotopic (exact) mass is 568 g/mol. The number of fused-ring (bicyclic) bond motifs is 1. The lowest BCUT2D eigenvalue weighted by molar-refractivity contribution is -0.132. The Morgan fingerprint density at radius 3 is 2.56 bits per heavy atom. The molecule has 1 aromatic heterocycles. The quantitative estimate of drug-likeness (QED) is 0.182. The molecule has 5 rings (SSSR count). The second-order valence-electron chi connectivity index (χ2n) is 8.20. The first-order valence-corrected chi connectivity index (χ1v) is 12.3. The van der Waals surface area contributed by atoms with Crippen molar-refractivity contribution in [1.82, 2.24) is 4.98 Å². The van der Waals surface area contributed by atoms with Crippen LogP contribution in [0.1, 0.15) is 22.7 Å². The first-order valence-electron chi connectivity index (χ1n) is 10.7. The summed E-state index contributed by atoms with van der Waals surface area (Å²) in [5.41, 5.74) is 2.01. The number of ether oxygens (including phenoxy) is 1. The van der Waals surface area contributed by atoms with Crippen LogP contribution in [-0.2, 0) is 9.59 Å². The van der Waals surface area contributed by atoms with Gasteiger partial charge in [-0.15, -0.1) is 0 Å². The molecule has 4 aromatic rings. The van der Waals surface area contributed by atoms with Gasteiger partial charge < -0.3 is 14.9 Å². The predicted octanol–water partition coefficient (Wildman–Crippen LogP) is 5.85. The SMILES string of the molecule is COc1cc(C2C(=C(O)c3ccc(C)cc3)C(=O)C(=O)N2c2nc3ccc(F)cc3s2)cc(Br)c1O. The number of phenolic OH excluding ortho intramolecular Hbond substituents is 1. The molecule has 10 heteroatoms. The van der Waals surface area contributed by atoms with Gasteiger partial charge in [0.2, 0.25) is 0 Å². The van der Waals surface area contributed by atoms with E-state index < -0.39 is 23.5 Å². The Kier molecular flexibility index (Phi) is 6.01. The molecule has 0 aliphatic carbocycles. The molecule has 1 aliphatic heterocycles. The van der Waals surface area contributed by atoms with Crippen LogP contribution >= 0.6 is 27.3 Å². The Labute approximate surface area is 217 Å². The second kappa shape index (κ2) is 9.03. The lowest BCUT2D eigenvalue weighted by Gasteiger charge is -2.24. The molecule has 2 heterocycles. The van der Waals surface area contributed by atoms with Gasteiger partial charge in [0.25, 0.3) is 5.78 Å². The van der Waals surface area contributed by atoms with Crippen molar-refractivity contribution < 1.29 is 28.9 Å². The van der Waals surface area contributed by atoms with E-state index in [0.717, 1.165) is 16.9 Å². The van der Waals surface area contributed by atoms with Crippen LogP contribution < -0.4 is 9.64 Å². The molecule has 1 fully saturated rings. The third kappa shape index (κ3) is 3.92. The number of nitrogens with zero attached hydrogens (tertiary/aromatic N) is 2. The summed E-state index contributed by atoms with van der Waals surface area (Å²) in [6.45, 7) is 1.89. The number of phenols is 1. The van der Waals surface area contributed by atoms with Crippen LogP contribution in [0, 0.1) is 12.7 Å². The zero-order valence-electron chi connectivity index (χ0n) is 19.0. The molecule has 1 aliphatic rings.